The summed E-state index contributed by atoms with van der Waals surface area (Å²) in [5, 5.41) is 12.5. The first-order chi connectivity index (χ1) is 16.7. The normalized spacial score (nSPS) is 11.3. The topological polar surface area (TPSA) is 120 Å². The van der Waals surface area contributed by atoms with Crippen LogP contribution in [0.5, 0.6) is 0 Å². The summed E-state index contributed by atoms with van der Waals surface area (Å²) in [4.78, 5) is 24.6. The summed E-state index contributed by atoms with van der Waals surface area (Å²) in [5.74, 6) is -1.88. The third-order valence-electron chi connectivity index (χ3n) is 5.72. The van der Waals surface area contributed by atoms with Crippen molar-refractivity contribution in [3.05, 3.63) is 107 Å². The smallest absolute Gasteiger partial charge is 0.335 e. The average Bonchev–Trinajstić information content (AvgIpc) is 3.26. The van der Waals surface area contributed by atoms with Gasteiger partial charge in [0.1, 0.15) is 5.69 Å². The molecule has 4 rings (SSSR count). The molecule has 178 valence electrons. The molecular weight excluding hydrogens is 466 g/mol. The number of aryl methyl sites for hydroxylation is 2. The van der Waals surface area contributed by atoms with E-state index in [9.17, 15) is 23.1 Å². The molecule has 0 unspecified atom stereocenters. The number of benzene rings is 3. The molecule has 0 saturated carbocycles. The van der Waals surface area contributed by atoms with Crippen LogP contribution in [0.4, 0.5) is 0 Å². The molecular formula is C26H24N3O5S+. The van der Waals surface area contributed by atoms with Crippen LogP contribution in [0, 0.1) is 13.8 Å². The highest BCUT2D eigenvalue weighted by Gasteiger charge is 2.29. The number of nitrogens with one attached hydrogen (secondary N) is 2. The standard InChI is InChI=1S/C26H23N3O5S/c1-17-8-6-9-18(2)22(17)16-29-24(25(30)28-35(33,34)21-12-4-3-5-13-21)15-23(27-29)19-10-7-11-20(14-19)26(31)32/h3-15H,16H2,1-2H3,(H2,28,30,31,32)/p+1. The zero-order valence-electron chi connectivity index (χ0n) is 19.1. The maximum absolute atomic E-state index is 13.2. The monoisotopic (exact) mass is 490 g/mol. The number of nitrogens with zero attached hydrogens (tertiary/aromatic N) is 1. The molecule has 0 spiro atoms. The molecule has 0 radical (unpaired) electrons. The molecule has 0 bridgehead atoms. The van der Waals surface area contributed by atoms with E-state index in [0.29, 0.717) is 11.3 Å². The van der Waals surface area contributed by atoms with Crippen LogP contribution < -0.4 is 9.40 Å². The fourth-order valence-corrected chi connectivity index (χ4v) is 4.80. The number of aromatic carboxylic acids is 1. The summed E-state index contributed by atoms with van der Waals surface area (Å²) in [6, 6.07) is 21.3. The van der Waals surface area contributed by atoms with E-state index < -0.39 is 21.9 Å². The quantitative estimate of drug-likeness (QED) is 0.343. The van der Waals surface area contributed by atoms with Gasteiger partial charge in [0.25, 0.3) is 15.7 Å². The highest BCUT2D eigenvalue weighted by molar-refractivity contribution is 7.90. The van der Waals surface area contributed by atoms with Crippen LogP contribution in [0.1, 0.15) is 37.5 Å². The number of aromatic amines is 1. The van der Waals surface area contributed by atoms with Gasteiger partial charge in [0.05, 0.1) is 10.5 Å². The van der Waals surface area contributed by atoms with E-state index in [1.165, 1.54) is 30.3 Å². The van der Waals surface area contributed by atoms with Crippen LogP contribution in [0.15, 0.2) is 83.8 Å². The van der Waals surface area contributed by atoms with Gasteiger partial charge >= 0.3 is 11.9 Å². The molecule has 1 amide bonds. The first-order valence-electron chi connectivity index (χ1n) is 10.8. The fourth-order valence-electron chi connectivity index (χ4n) is 3.82. The van der Waals surface area contributed by atoms with E-state index in [0.717, 1.165) is 16.7 Å². The van der Waals surface area contributed by atoms with Crippen molar-refractivity contribution >= 4 is 21.9 Å². The Morgan fingerprint density at radius 2 is 1.57 bits per heavy atom. The summed E-state index contributed by atoms with van der Waals surface area (Å²) in [6.45, 7) is 4.20. The van der Waals surface area contributed by atoms with Gasteiger partial charge in [-0.15, -0.1) is 4.68 Å². The minimum Gasteiger partial charge on any atom is -0.478 e. The number of sulfonamides is 1. The van der Waals surface area contributed by atoms with E-state index in [1.54, 1.807) is 35.0 Å². The van der Waals surface area contributed by atoms with Crippen LogP contribution in [-0.2, 0) is 16.6 Å². The number of carbonyl (C=O) groups excluding carboxylic acids is 1. The second-order valence-electron chi connectivity index (χ2n) is 8.15. The molecule has 0 saturated heterocycles. The zero-order chi connectivity index (χ0) is 25.2. The number of hydrogen-bond acceptors (Lipinski definition) is 4. The predicted octanol–water partition coefficient (Wildman–Crippen LogP) is 3.45. The van der Waals surface area contributed by atoms with Gasteiger partial charge in [-0.1, -0.05) is 48.5 Å². The molecule has 0 aliphatic rings. The Bertz CT molecular complexity index is 1510. The minimum absolute atomic E-state index is 0.0282. The number of amides is 1. The van der Waals surface area contributed by atoms with Gasteiger partial charge in [-0.3, -0.25) is 4.79 Å². The van der Waals surface area contributed by atoms with Crippen LogP contribution in [-0.4, -0.2) is 30.5 Å². The molecule has 0 aliphatic carbocycles. The van der Waals surface area contributed by atoms with E-state index in [4.69, 9.17) is 0 Å². The fraction of sp³-hybridized carbons (Fsp3) is 0.115. The number of aromatic nitrogens is 2. The van der Waals surface area contributed by atoms with Crippen LogP contribution in [0.2, 0.25) is 0 Å². The van der Waals surface area contributed by atoms with E-state index in [2.05, 4.69) is 9.82 Å². The van der Waals surface area contributed by atoms with E-state index in [1.807, 2.05) is 32.0 Å². The maximum Gasteiger partial charge on any atom is 0.335 e. The number of hydrogen-bond donors (Lipinski definition) is 3. The summed E-state index contributed by atoms with van der Waals surface area (Å²) in [6.07, 6.45) is 0. The van der Waals surface area contributed by atoms with Crippen LogP contribution in [0.3, 0.4) is 0 Å². The van der Waals surface area contributed by atoms with Crippen molar-refractivity contribution in [2.45, 2.75) is 25.3 Å². The SMILES string of the molecule is Cc1cccc(C)c1C[n+]1[nH]c(-c2cccc(C(=O)O)c2)cc1C(=O)NS(=O)(=O)c1ccccc1. The molecule has 3 N–H and O–H groups in total. The Hall–Kier alpha value is -4.24. The molecule has 0 fully saturated rings. The van der Waals surface area contributed by atoms with Gasteiger partial charge in [-0.25, -0.2) is 17.9 Å². The third-order valence-corrected chi connectivity index (χ3v) is 7.07. The molecule has 3 aromatic carbocycles. The molecule has 9 heteroatoms. The third kappa shape index (κ3) is 5.15. The molecule has 4 aromatic rings. The van der Waals surface area contributed by atoms with Crippen molar-refractivity contribution in [1.29, 1.82) is 0 Å². The average molecular weight is 491 g/mol. The zero-order valence-corrected chi connectivity index (χ0v) is 20.0. The van der Waals surface area contributed by atoms with Gasteiger partial charge in [0.15, 0.2) is 6.54 Å². The summed E-state index contributed by atoms with van der Waals surface area (Å²) in [7, 11) is -4.09. The Labute approximate surface area is 202 Å². The summed E-state index contributed by atoms with van der Waals surface area (Å²) >= 11 is 0. The summed E-state index contributed by atoms with van der Waals surface area (Å²) in [5.41, 5.74) is 4.21. The lowest BCUT2D eigenvalue weighted by Crippen LogP contribution is -2.46. The summed E-state index contributed by atoms with van der Waals surface area (Å²) < 4.78 is 29.2. The Kier molecular flexibility index (Phi) is 6.52. The lowest BCUT2D eigenvalue weighted by molar-refractivity contribution is -0.743. The lowest BCUT2D eigenvalue weighted by Gasteiger charge is -2.07. The molecule has 0 atom stereocenters. The largest absolute Gasteiger partial charge is 0.478 e. The number of rotatable bonds is 7. The van der Waals surface area contributed by atoms with E-state index >= 15 is 0 Å². The second kappa shape index (κ2) is 9.55. The van der Waals surface area contributed by atoms with Crippen molar-refractivity contribution in [2.75, 3.05) is 0 Å². The molecule has 8 nitrogen and oxygen atoms in total. The Balaban J connectivity index is 1.78. The number of carbonyl (C=O) groups is 2. The number of carboxylic acid groups (broad SMARTS) is 1. The van der Waals surface area contributed by atoms with Crippen LogP contribution >= 0.6 is 0 Å². The van der Waals surface area contributed by atoms with Gasteiger partial charge in [0, 0.05) is 17.2 Å². The second-order valence-corrected chi connectivity index (χ2v) is 9.83. The first kappa shape index (κ1) is 23.9. The maximum atomic E-state index is 13.2. The number of carboxylic acids is 1. The predicted molar refractivity (Wildman–Crippen MR) is 129 cm³/mol. The van der Waals surface area contributed by atoms with Crippen molar-refractivity contribution in [1.82, 2.24) is 9.82 Å². The van der Waals surface area contributed by atoms with Crippen LogP contribution in [0.25, 0.3) is 11.3 Å². The van der Waals surface area contributed by atoms with Crippen molar-refractivity contribution in [2.24, 2.45) is 0 Å². The van der Waals surface area contributed by atoms with Gasteiger partial charge in [0.2, 0.25) is 0 Å². The van der Waals surface area contributed by atoms with Crippen molar-refractivity contribution in [3.63, 3.8) is 0 Å². The molecule has 1 heterocycles. The Morgan fingerprint density at radius 3 is 2.23 bits per heavy atom. The molecule has 1 aromatic heterocycles. The van der Waals surface area contributed by atoms with Gasteiger partial charge in [-0.2, -0.15) is 5.10 Å². The van der Waals surface area contributed by atoms with E-state index in [-0.39, 0.29) is 22.7 Å². The molecule has 35 heavy (non-hydrogen) atoms. The van der Waals surface area contributed by atoms with Crippen molar-refractivity contribution in [3.8, 4) is 11.3 Å². The molecule has 0 aliphatic heterocycles. The number of H-pyrrole nitrogens is 1. The van der Waals surface area contributed by atoms with Gasteiger partial charge < -0.3 is 5.11 Å². The lowest BCUT2D eigenvalue weighted by atomic mass is 10.0. The Morgan fingerprint density at radius 1 is 0.914 bits per heavy atom. The minimum atomic E-state index is -4.09. The first-order valence-corrected chi connectivity index (χ1v) is 12.3. The highest BCUT2D eigenvalue weighted by atomic mass is 32.2. The van der Waals surface area contributed by atoms with Crippen molar-refractivity contribution < 1.29 is 27.8 Å². The highest BCUT2D eigenvalue weighted by Crippen LogP contribution is 2.20. The van der Waals surface area contributed by atoms with Gasteiger partial charge in [-0.05, 0) is 49.2 Å².